The molecule has 0 aromatic rings. The number of nitrogens with two attached hydrogens (primary N) is 1. The maximum Gasteiger partial charge on any atom is 0.305 e. The van der Waals surface area contributed by atoms with Crippen molar-refractivity contribution in [3.05, 3.63) is 0 Å². The van der Waals surface area contributed by atoms with Crippen molar-refractivity contribution in [2.45, 2.75) is 64.5 Å². The molecule has 17 heavy (non-hydrogen) atoms. The molecular weight excluding hydrogens is 220 g/mol. The summed E-state index contributed by atoms with van der Waals surface area (Å²) in [6.45, 7) is 5.97. The van der Waals surface area contributed by atoms with Crippen molar-refractivity contribution in [2.24, 2.45) is 5.73 Å². The Kier molecular flexibility index (Phi) is 6.80. The molecular formula is C12H24N2O3. The Morgan fingerprint density at radius 1 is 1.35 bits per heavy atom. The third-order valence-electron chi connectivity index (χ3n) is 2.60. The lowest BCUT2D eigenvalue weighted by Crippen LogP contribution is -2.51. The van der Waals surface area contributed by atoms with Crippen molar-refractivity contribution in [1.82, 2.24) is 5.32 Å². The lowest BCUT2D eigenvalue weighted by atomic mass is 9.96. The molecule has 4 N–H and O–H groups in total. The van der Waals surface area contributed by atoms with Crippen molar-refractivity contribution in [1.29, 1.82) is 0 Å². The predicted octanol–water partition coefficient (Wildman–Crippen LogP) is 1.26. The van der Waals surface area contributed by atoms with Crippen LogP contribution in [0.3, 0.4) is 0 Å². The monoisotopic (exact) mass is 244 g/mol. The second-order valence-electron chi connectivity index (χ2n) is 5.03. The average Bonchev–Trinajstić information content (AvgIpc) is 2.15. The number of carbonyl (C=O) groups is 2. The lowest BCUT2D eigenvalue weighted by molar-refractivity contribution is -0.139. The van der Waals surface area contributed by atoms with Gasteiger partial charge in [0.15, 0.2) is 0 Å². The van der Waals surface area contributed by atoms with Gasteiger partial charge in [0.2, 0.25) is 5.91 Å². The topological polar surface area (TPSA) is 92.4 Å². The maximum atomic E-state index is 11.6. The van der Waals surface area contributed by atoms with E-state index in [1.807, 2.05) is 13.8 Å². The van der Waals surface area contributed by atoms with E-state index in [0.717, 1.165) is 25.7 Å². The first-order valence-corrected chi connectivity index (χ1v) is 6.08. The van der Waals surface area contributed by atoms with Gasteiger partial charge in [0.1, 0.15) is 0 Å². The van der Waals surface area contributed by atoms with Crippen molar-refractivity contribution >= 4 is 11.9 Å². The molecule has 1 amide bonds. The summed E-state index contributed by atoms with van der Waals surface area (Å²) in [5.74, 6) is -1.45. The molecule has 0 fully saturated rings. The van der Waals surface area contributed by atoms with Gasteiger partial charge in [0, 0.05) is 5.54 Å². The number of carboxylic acids is 1. The Morgan fingerprint density at radius 3 is 2.41 bits per heavy atom. The zero-order chi connectivity index (χ0) is 13.5. The van der Waals surface area contributed by atoms with Gasteiger partial charge in [-0.05, 0) is 20.3 Å². The number of unbranched alkanes of at least 4 members (excludes halogenated alkanes) is 2. The van der Waals surface area contributed by atoms with E-state index < -0.39 is 17.9 Å². The Labute approximate surface area is 103 Å². The lowest BCUT2D eigenvalue weighted by Gasteiger charge is -2.27. The van der Waals surface area contributed by atoms with Crippen LogP contribution in [0.4, 0.5) is 0 Å². The van der Waals surface area contributed by atoms with Gasteiger partial charge in [-0.1, -0.05) is 26.2 Å². The predicted molar refractivity (Wildman–Crippen MR) is 66.6 cm³/mol. The van der Waals surface area contributed by atoms with Crippen LogP contribution in [0.1, 0.15) is 52.9 Å². The summed E-state index contributed by atoms with van der Waals surface area (Å²) < 4.78 is 0. The van der Waals surface area contributed by atoms with E-state index in [2.05, 4.69) is 12.2 Å². The maximum absolute atomic E-state index is 11.6. The summed E-state index contributed by atoms with van der Waals surface area (Å²) >= 11 is 0. The van der Waals surface area contributed by atoms with Gasteiger partial charge < -0.3 is 16.2 Å². The summed E-state index contributed by atoms with van der Waals surface area (Å²) in [4.78, 5) is 22.1. The molecule has 0 aromatic carbocycles. The zero-order valence-electron chi connectivity index (χ0n) is 11.0. The molecule has 5 heteroatoms. The van der Waals surface area contributed by atoms with Crippen LogP contribution < -0.4 is 11.1 Å². The molecule has 5 nitrogen and oxygen atoms in total. The Hall–Kier alpha value is -1.10. The zero-order valence-corrected chi connectivity index (χ0v) is 11.0. The molecule has 0 aliphatic rings. The van der Waals surface area contributed by atoms with Crippen molar-refractivity contribution in [3.8, 4) is 0 Å². The van der Waals surface area contributed by atoms with Crippen molar-refractivity contribution in [2.75, 3.05) is 0 Å². The van der Waals surface area contributed by atoms with Gasteiger partial charge in [-0.15, -0.1) is 0 Å². The number of aliphatic carboxylic acids is 1. The first kappa shape index (κ1) is 15.9. The van der Waals surface area contributed by atoms with Gasteiger partial charge >= 0.3 is 5.97 Å². The van der Waals surface area contributed by atoms with Crippen LogP contribution in [0.25, 0.3) is 0 Å². The van der Waals surface area contributed by atoms with Gasteiger partial charge in [0.25, 0.3) is 0 Å². The number of hydrogen-bond acceptors (Lipinski definition) is 3. The number of rotatable bonds is 8. The van der Waals surface area contributed by atoms with E-state index in [0.29, 0.717) is 0 Å². The first-order chi connectivity index (χ1) is 7.78. The summed E-state index contributed by atoms with van der Waals surface area (Å²) in [6.07, 6.45) is 3.82. The molecule has 0 unspecified atom stereocenters. The summed E-state index contributed by atoms with van der Waals surface area (Å²) in [7, 11) is 0. The van der Waals surface area contributed by atoms with E-state index >= 15 is 0 Å². The van der Waals surface area contributed by atoms with Crippen LogP contribution in [-0.2, 0) is 9.59 Å². The third-order valence-corrected chi connectivity index (χ3v) is 2.60. The quantitative estimate of drug-likeness (QED) is 0.560. The minimum absolute atomic E-state index is 0.331. The molecule has 0 bridgehead atoms. The van der Waals surface area contributed by atoms with Crippen LogP contribution in [0.5, 0.6) is 0 Å². The molecule has 1 atom stereocenters. The van der Waals surface area contributed by atoms with Crippen LogP contribution >= 0.6 is 0 Å². The fourth-order valence-electron chi connectivity index (χ4n) is 1.59. The number of carboxylic acid groups (broad SMARTS) is 1. The summed E-state index contributed by atoms with van der Waals surface area (Å²) in [6, 6.07) is -0.974. The van der Waals surface area contributed by atoms with E-state index in [-0.39, 0.29) is 12.0 Å². The highest BCUT2D eigenvalue weighted by molar-refractivity contribution is 5.86. The third kappa shape index (κ3) is 7.74. The van der Waals surface area contributed by atoms with E-state index in [1.54, 1.807) is 0 Å². The van der Waals surface area contributed by atoms with Crippen molar-refractivity contribution < 1.29 is 14.7 Å². The highest BCUT2D eigenvalue weighted by Gasteiger charge is 2.24. The molecule has 0 heterocycles. The standard InChI is InChI=1S/C12H24N2O3/c1-4-5-6-7-12(2,3)14-11(17)9(13)8-10(15)16/h9H,4-8,13H2,1-3H3,(H,14,17)(H,15,16)/t9-/m0/s1. The fraction of sp³-hybridized carbons (Fsp3) is 0.833. The van der Waals surface area contributed by atoms with Crippen LogP contribution in [-0.4, -0.2) is 28.6 Å². The van der Waals surface area contributed by atoms with Gasteiger partial charge in [-0.25, -0.2) is 0 Å². The highest BCUT2D eigenvalue weighted by atomic mass is 16.4. The second kappa shape index (κ2) is 7.27. The molecule has 0 saturated carbocycles. The Morgan fingerprint density at radius 2 is 1.94 bits per heavy atom. The summed E-state index contributed by atoms with van der Waals surface area (Å²) in [5, 5.41) is 11.3. The van der Waals surface area contributed by atoms with Gasteiger partial charge in [-0.3, -0.25) is 9.59 Å². The van der Waals surface area contributed by atoms with E-state index in [4.69, 9.17) is 10.8 Å². The molecule has 0 radical (unpaired) electrons. The average molecular weight is 244 g/mol. The van der Waals surface area contributed by atoms with Gasteiger partial charge in [-0.2, -0.15) is 0 Å². The second-order valence-corrected chi connectivity index (χ2v) is 5.03. The van der Waals surface area contributed by atoms with Crippen LogP contribution in [0, 0.1) is 0 Å². The van der Waals surface area contributed by atoms with E-state index in [1.165, 1.54) is 0 Å². The summed E-state index contributed by atoms with van der Waals surface area (Å²) in [5.41, 5.74) is 5.16. The Balaban J connectivity index is 4.11. The SMILES string of the molecule is CCCCCC(C)(C)NC(=O)[C@@H](N)CC(=O)O. The normalized spacial score (nSPS) is 13.2. The number of carbonyl (C=O) groups excluding carboxylic acids is 1. The number of amides is 1. The van der Waals surface area contributed by atoms with Crippen LogP contribution in [0.2, 0.25) is 0 Å². The highest BCUT2D eigenvalue weighted by Crippen LogP contribution is 2.14. The van der Waals surface area contributed by atoms with E-state index in [9.17, 15) is 9.59 Å². The smallest absolute Gasteiger partial charge is 0.305 e. The molecule has 0 saturated heterocycles. The Bertz CT molecular complexity index is 264. The molecule has 100 valence electrons. The number of hydrogen-bond donors (Lipinski definition) is 3. The minimum atomic E-state index is -1.06. The molecule has 0 aromatic heterocycles. The van der Waals surface area contributed by atoms with Crippen molar-refractivity contribution in [3.63, 3.8) is 0 Å². The molecule has 0 aliphatic carbocycles. The fourth-order valence-corrected chi connectivity index (χ4v) is 1.59. The minimum Gasteiger partial charge on any atom is -0.481 e. The number of nitrogens with one attached hydrogen (secondary N) is 1. The molecule has 0 aliphatic heterocycles. The molecule has 0 spiro atoms. The van der Waals surface area contributed by atoms with Gasteiger partial charge in [0.05, 0.1) is 12.5 Å². The molecule has 0 rings (SSSR count). The first-order valence-electron chi connectivity index (χ1n) is 6.08. The van der Waals surface area contributed by atoms with Crippen LogP contribution in [0.15, 0.2) is 0 Å². The largest absolute Gasteiger partial charge is 0.481 e.